The van der Waals surface area contributed by atoms with Crippen LogP contribution < -0.4 is 5.73 Å². The second kappa shape index (κ2) is 4.10. The summed E-state index contributed by atoms with van der Waals surface area (Å²) in [5, 5.41) is 0. The third-order valence-corrected chi connectivity index (χ3v) is 6.49. The Bertz CT molecular complexity index is 481. The van der Waals surface area contributed by atoms with Gasteiger partial charge >= 0.3 is 0 Å². The van der Waals surface area contributed by atoms with E-state index in [0.717, 1.165) is 11.3 Å². The number of sulfonamides is 1. The monoisotopic (exact) mass is 260 g/mol. The fraction of sp³-hybridized carbons (Fsp3) is 0.600. The largest absolute Gasteiger partial charge is 0.326 e. The molecule has 1 aromatic heterocycles. The number of nitrogens with two attached hydrogens (primary N) is 1. The van der Waals surface area contributed by atoms with Gasteiger partial charge in [0.25, 0.3) is 10.0 Å². The predicted octanol–water partition coefficient (Wildman–Crippen LogP) is 1.17. The van der Waals surface area contributed by atoms with Crippen LogP contribution in [0.15, 0.2) is 16.3 Å². The van der Waals surface area contributed by atoms with Gasteiger partial charge in [0.15, 0.2) is 0 Å². The molecule has 1 aliphatic heterocycles. The highest BCUT2D eigenvalue weighted by Gasteiger charge is 2.37. The van der Waals surface area contributed by atoms with E-state index in [2.05, 4.69) is 0 Å². The molecule has 2 rings (SSSR count). The first kappa shape index (κ1) is 12.0. The molecule has 90 valence electrons. The SMILES string of the molecule is Cc1ccc(S(=O)(=O)N2CCC(N)C2C)s1. The van der Waals surface area contributed by atoms with Crippen molar-refractivity contribution in [3.8, 4) is 0 Å². The highest BCUT2D eigenvalue weighted by molar-refractivity contribution is 7.91. The number of aryl methyl sites for hydroxylation is 1. The van der Waals surface area contributed by atoms with Gasteiger partial charge < -0.3 is 5.73 Å². The van der Waals surface area contributed by atoms with Crippen LogP contribution in [0, 0.1) is 6.92 Å². The Hall–Kier alpha value is -0.430. The van der Waals surface area contributed by atoms with Crippen molar-refractivity contribution < 1.29 is 8.42 Å². The predicted molar refractivity (Wildman–Crippen MR) is 65.0 cm³/mol. The first-order valence-corrected chi connectivity index (χ1v) is 7.52. The van der Waals surface area contributed by atoms with Crippen molar-refractivity contribution in [2.45, 2.75) is 36.6 Å². The van der Waals surface area contributed by atoms with Gasteiger partial charge in [-0.05, 0) is 32.4 Å². The zero-order valence-electron chi connectivity index (χ0n) is 9.38. The molecule has 4 nitrogen and oxygen atoms in total. The van der Waals surface area contributed by atoms with Crippen molar-refractivity contribution >= 4 is 21.4 Å². The van der Waals surface area contributed by atoms with Gasteiger partial charge in [-0.25, -0.2) is 8.42 Å². The van der Waals surface area contributed by atoms with Gasteiger partial charge in [-0.3, -0.25) is 0 Å². The van der Waals surface area contributed by atoms with Crippen LogP contribution in [-0.4, -0.2) is 31.4 Å². The molecule has 1 fully saturated rings. The molecule has 2 heterocycles. The topological polar surface area (TPSA) is 63.4 Å². The zero-order valence-corrected chi connectivity index (χ0v) is 11.0. The van der Waals surface area contributed by atoms with Gasteiger partial charge in [-0.1, -0.05) is 0 Å². The summed E-state index contributed by atoms with van der Waals surface area (Å²) in [5.41, 5.74) is 5.85. The average molecular weight is 260 g/mol. The van der Waals surface area contributed by atoms with E-state index >= 15 is 0 Å². The van der Waals surface area contributed by atoms with E-state index in [-0.39, 0.29) is 12.1 Å². The summed E-state index contributed by atoms with van der Waals surface area (Å²) in [6.45, 7) is 4.31. The smallest absolute Gasteiger partial charge is 0.252 e. The Balaban J connectivity index is 2.33. The summed E-state index contributed by atoms with van der Waals surface area (Å²) in [7, 11) is -3.33. The summed E-state index contributed by atoms with van der Waals surface area (Å²) in [6.07, 6.45) is 0.741. The Labute approximate surface area is 100 Å². The summed E-state index contributed by atoms with van der Waals surface area (Å²) in [5.74, 6) is 0. The van der Waals surface area contributed by atoms with Crippen LogP contribution in [0.5, 0.6) is 0 Å². The Morgan fingerprint density at radius 2 is 2.19 bits per heavy atom. The van der Waals surface area contributed by atoms with Crippen molar-refractivity contribution in [1.29, 1.82) is 0 Å². The van der Waals surface area contributed by atoms with Crippen molar-refractivity contribution in [3.63, 3.8) is 0 Å². The minimum absolute atomic E-state index is 0.0455. The summed E-state index contributed by atoms with van der Waals surface area (Å²) in [6, 6.07) is 3.35. The van der Waals surface area contributed by atoms with Gasteiger partial charge in [0.05, 0.1) is 0 Å². The lowest BCUT2D eigenvalue weighted by Crippen LogP contribution is -2.40. The molecular formula is C10H16N2O2S2. The van der Waals surface area contributed by atoms with Crippen LogP contribution in [0.3, 0.4) is 0 Å². The lowest BCUT2D eigenvalue weighted by Gasteiger charge is -2.21. The fourth-order valence-corrected chi connectivity index (χ4v) is 5.04. The molecule has 2 N–H and O–H groups in total. The van der Waals surface area contributed by atoms with Gasteiger partial charge in [0, 0.05) is 23.5 Å². The molecule has 0 radical (unpaired) electrons. The van der Waals surface area contributed by atoms with E-state index in [1.54, 1.807) is 6.07 Å². The van der Waals surface area contributed by atoms with Crippen LogP contribution in [0.2, 0.25) is 0 Å². The number of hydrogen-bond donors (Lipinski definition) is 1. The van der Waals surface area contributed by atoms with Crippen LogP contribution in [0.4, 0.5) is 0 Å². The third kappa shape index (κ3) is 1.90. The van der Waals surface area contributed by atoms with E-state index in [1.165, 1.54) is 15.6 Å². The van der Waals surface area contributed by atoms with E-state index in [4.69, 9.17) is 5.73 Å². The molecular weight excluding hydrogens is 244 g/mol. The molecule has 16 heavy (non-hydrogen) atoms. The summed E-state index contributed by atoms with van der Waals surface area (Å²) in [4.78, 5) is 1.01. The van der Waals surface area contributed by atoms with Gasteiger partial charge in [0.2, 0.25) is 0 Å². The Kier molecular flexibility index (Phi) is 3.09. The molecule has 0 spiro atoms. The van der Waals surface area contributed by atoms with Crippen LogP contribution in [0.1, 0.15) is 18.2 Å². The lowest BCUT2D eigenvalue weighted by molar-refractivity contribution is 0.394. The first-order valence-electron chi connectivity index (χ1n) is 5.27. The van der Waals surface area contributed by atoms with E-state index < -0.39 is 10.0 Å². The standard InChI is InChI=1S/C10H16N2O2S2/c1-7-3-4-10(15-7)16(13,14)12-6-5-9(11)8(12)2/h3-4,8-9H,5-6,11H2,1-2H3. The maximum absolute atomic E-state index is 12.3. The second-order valence-corrected chi connectivity index (χ2v) is 7.58. The average Bonchev–Trinajstić information content (AvgIpc) is 2.76. The van der Waals surface area contributed by atoms with E-state index in [0.29, 0.717) is 10.8 Å². The highest BCUT2D eigenvalue weighted by Crippen LogP contribution is 2.29. The molecule has 2 unspecified atom stereocenters. The van der Waals surface area contributed by atoms with Crippen LogP contribution in [-0.2, 0) is 10.0 Å². The normalized spacial score (nSPS) is 27.4. The molecule has 6 heteroatoms. The maximum atomic E-state index is 12.3. The molecule has 0 saturated carbocycles. The molecule has 1 aromatic rings. The molecule has 2 atom stereocenters. The minimum atomic E-state index is -3.33. The molecule has 1 saturated heterocycles. The van der Waals surface area contributed by atoms with E-state index in [1.807, 2.05) is 19.9 Å². The maximum Gasteiger partial charge on any atom is 0.252 e. The summed E-state index contributed by atoms with van der Waals surface area (Å²) >= 11 is 1.31. The lowest BCUT2D eigenvalue weighted by atomic mass is 10.2. The molecule has 0 aromatic carbocycles. The summed E-state index contributed by atoms with van der Waals surface area (Å²) < 4.78 is 26.5. The highest BCUT2D eigenvalue weighted by atomic mass is 32.2. The Morgan fingerprint density at radius 1 is 1.50 bits per heavy atom. The minimum Gasteiger partial charge on any atom is -0.326 e. The number of nitrogens with zero attached hydrogens (tertiary/aromatic N) is 1. The Morgan fingerprint density at radius 3 is 2.62 bits per heavy atom. The van der Waals surface area contributed by atoms with Crippen molar-refractivity contribution in [2.24, 2.45) is 5.73 Å². The zero-order chi connectivity index (χ0) is 11.9. The number of thiophene rings is 1. The third-order valence-electron chi connectivity index (χ3n) is 3.04. The molecule has 0 amide bonds. The van der Waals surface area contributed by atoms with E-state index in [9.17, 15) is 8.42 Å². The molecule has 1 aliphatic rings. The van der Waals surface area contributed by atoms with Crippen LogP contribution >= 0.6 is 11.3 Å². The molecule has 0 aliphatic carbocycles. The van der Waals surface area contributed by atoms with Gasteiger partial charge in [0.1, 0.15) is 4.21 Å². The molecule has 0 bridgehead atoms. The van der Waals surface area contributed by atoms with Crippen molar-refractivity contribution in [3.05, 3.63) is 17.0 Å². The van der Waals surface area contributed by atoms with Crippen molar-refractivity contribution in [2.75, 3.05) is 6.54 Å². The number of hydrogen-bond acceptors (Lipinski definition) is 4. The second-order valence-electron chi connectivity index (χ2n) is 4.17. The first-order chi connectivity index (χ1) is 7.43. The van der Waals surface area contributed by atoms with Crippen LogP contribution in [0.25, 0.3) is 0 Å². The van der Waals surface area contributed by atoms with Crippen molar-refractivity contribution in [1.82, 2.24) is 4.31 Å². The quantitative estimate of drug-likeness (QED) is 0.868. The van der Waals surface area contributed by atoms with Gasteiger partial charge in [-0.15, -0.1) is 11.3 Å². The number of rotatable bonds is 2. The fourth-order valence-electron chi connectivity index (χ4n) is 1.94. The van der Waals surface area contributed by atoms with Gasteiger partial charge in [-0.2, -0.15) is 4.31 Å².